The van der Waals surface area contributed by atoms with Crippen molar-refractivity contribution in [3.63, 3.8) is 0 Å². The third-order valence-electron chi connectivity index (χ3n) is 4.21. The number of hydrazone groups is 1. The molecule has 8 heteroatoms. The van der Waals surface area contributed by atoms with E-state index in [4.69, 9.17) is 14.2 Å². The van der Waals surface area contributed by atoms with E-state index in [2.05, 4.69) is 15.8 Å². The molecule has 8 nitrogen and oxygen atoms in total. The Morgan fingerprint density at radius 2 is 1.62 bits per heavy atom. The molecule has 0 heterocycles. The highest BCUT2D eigenvalue weighted by Gasteiger charge is 2.20. The summed E-state index contributed by atoms with van der Waals surface area (Å²) in [6.45, 7) is 0. The van der Waals surface area contributed by atoms with Gasteiger partial charge in [0.25, 0.3) is 0 Å². The van der Waals surface area contributed by atoms with Crippen LogP contribution in [0.15, 0.2) is 17.2 Å². The minimum Gasteiger partial charge on any atom is -0.493 e. The molecule has 0 unspecified atom stereocenters. The number of nitrogens with zero attached hydrogens (tertiary/aromatic N) is 1. The van der Waals surface area contributed by atoms with E-state index in [-0.39, 0.29) is 6.04 Å². The fourth-order valence-corrected chi connectivity index (χ4v) is 2.89. The predicted molar refractivity (Wildman–Crippen MR) is 96.9 cm³/mol. The van der Waals surface area contributed by atoms with Gasteiger partial charge in [-0.15, -0.1) is 0 Å². The molecule has 0 aliphatic heterocycles. The Morgan fingerprint density at radius 1 is 1.00 bits per heavy atom. The molecule has 2 rings (SSSR count). The van der Waals surface area contributed by atoms with Crippen LogP contribution in [0, 0.1) is 0 Å². The van der Waals surface area contributed by atoms with Crippen molar-refractivity contribution in [2.75, 3.05) is 21.3 Å². The molecule has 1 aliphatic rings. The van der Waals surface area contributed by atoms with Crippen molar-refractivity contribution in [2.24, 2.45) is 5.10 Å². The van der Waals surface area contributed by atoms with Crippen molar-refractivity contribution in [3.8, 4) is 17.2 Å². The van der Waals surface area contributed by atoms with Crippen molar-refractivity contribution >= 4 is 18.0 Å². The van der Waals surface area contributed by atoms with Gasteiger partial charge in [0.15, 0.2) is 11.5 Å². The number of nitrogens with one attached hydrogen (secondary N) is 2. The normalized spacial score (nSPS) is 14.7. The molecule has 0 saturated heterocycles. The highest BCUT2D eigenvalue weighted by Crippen LogP contribution is 2.37. The predicted octanol–water partition coefficient (Wildman–Crippen LogP) is 1.61. The highest BCUT2D eigenvalue weighted by atomic mass is 16.5. The number of carbonyl (C=O) groups excluding carboxylic acids is 2. The van der Waals surface area contributed by atoms with E-state index in [1.165, 1.54) is 34.0 Å². The Labute approximate surface area is 152 Å². The third kappa shape index (κ3) is 5.11. The second-order valence-electron chi connectivity index (χ2n) is 5.97. The first-order valence-corrected chi connectivity index (χ1v) is 8.53. The van der Waals surface area contributed by atoms with Crippen molar-refractivity contribution in [3.05, 3.63) is 17.7 Å². The topological polar surface area (TPSA) is 98.2 Å². The van der Waals surface area contributed by atoms with Gasteiger partial charge in [0.1, 0.15) is 0 Å². The Balaban J connectivity index is 1.96. The summed E-state index contributed by atoms with van der Waals surface area (Å²) in [7, 11) is 4.53. The molecule has 1 aromatic rings. The van der Waals surface area contributed by atoms with Crippen molar-refractivity contribution in [1.82, 2.24) is 10.7 Å². The molecule has 2 N–H and O–H groups in total. The molecule has 0 radical (unpaired) electrons. The summed E-state index contributed by atoms with van der Waals surface area (Å²) in [4.78, 5) is 23.7. The Hall–Kier alpha value is -2.77. The molecule has 1 fully saturated rings. The van der Waals surface area contributed by atoms with E-state index < -0.39 is 11.8 Å². The maximum Gasteiger partial charge on any atom is 0.329 e. The summed E-state index contributed by atoms with van der Waals surface area (Å²) in [5, 5.41) is 6.56. The molecule has 0 bridgehead atoms. The monoisotopic (exact) mass is 363 g/mol. The molecule has 0 spiro atoms. The molecule has 1 aliphatic carbocycles. The molecule has 1 aromatic carbocycles. The lowest BCUT2D eigenvalue weighted by molar-refractivity contribution is -0.139. The lowest BCUT2D eigenvalue weighted by Gasteiger charge is -2.22. The number of amides is 2. The molecule has 0 atom stereocenters. The summed E-state index contributed by atoms with van der Waals surface area (Å²) in [6, 6.07) is 3.43. The standard InChI is InChI=1S/C18H25N3O5/c1-24-14-9-12(10-15(25-2)16(14)26-3)11-19-21-18(23)17(22)20-13-7-5-4-6-8-13/h9-11,13H,4-8H2,1-3H3,(H,20,22)(H,21,23)/b19-11-. The van der Waals surface area contributed by atoms with Gasteiger partial charge in [0, 0.05) is 11.6 Å². The Bertz CT molecular complexity index is 644. The van der Waals surface area contributed by atoms with Gasteiger partial charge < -0.3 is 19.5 Å². The maximum absolute atomic E-state index is 11.9. The van der Waals surface area contributed by atoms with Crippen LogP contribution in [0.2, 0.25) is 0 Å². The first kappa shape index (κ1) is 19.6. The van der Waals surface area contributed by atoms with E-state index in [9.17, 15) is 9.59 Å². The minimum atomic E-state index is -0.792. The molecule has 26 heavy (non-hydrogen) atoms. The fraction of sp³-hybridized carbons (Fsp3) is 0.500. The van der Waals surface area contributed by atoms with Crippen LogP contribution < -0.4 is 25.0 Å². The SMILES string of the molecule is COc1cc(/C=N\NC(=O)C(=O)NC2CCCCC2)cc(OC)c1OC. The second kappa shape index (κ2) is 9.65. The van der Waals surface area contributed by atoms with Gasteiger partial charge in [-0.2, -0.15) is 5.10 Å². The van der Waals surface area contributed by atoms with Gasteiger partial charge in [-0.1, -0.05) is 19.3 Å². The lowest BCUT2D eigenvalue weighted by Crippen LogP contribution is -2.44. The smallest absolute Gasteiger partial charge is 0.329 e. The first-order chi connectivity index (χ1) is 12.6. The van der Waals surface area contributed by atoms with E-state index in [0.29, 0.717) is 22.8 Å². The van der Waals surface area contributed by atoms with Crippen LogP contribution in [0.25, 0.3) is 0 Å². The zero-order chi connectivity index (χ0) is 18.9. The van der Waals surface area contributed by atoms with Gasteiger partial charge in [-0.25, -0.2) is 5.43 Å². The number of rotatable bonds is 6. The van der Waals surface area contributed by atoms with Crippen molar-refractivity contribution in [1.29, 1.82) is 0 Å². The quantitative estimate of drug-likeness (QED) is 0.455. The zero-order valence-corrected chi connectivity index (χ0v) is 15.3. The largest absolute Gasteiger partial charge is 0.493 e. The van der Waals surface area contributed by atoms with Gasteiger partial charge >= 0.3 is 11.8 Å². The van der Waals surface area contributed by atoms with Crippen LogP contribution in [0.5, 0.6) is 17.2 Å². The van der Waals surface area contributed by atoms with Crippen LogP contribution in [-0.4, -0.2) is 45.4 Å². The number of hydrogen-bond acceptors (Lipinski definition) is 6. The van der Waals surface area contributed by atoms with E-state index in [1.807, 2.05) is 0 Å². The summed E-state index contributed by atoms with van der Waals surface area (Å²) in [6.07, 6.45) is 6.55. The van der Waals surface area contributed by atoms with Crippen molar-refractivity contribution < 1.29 is 23.8 Å². The minimum absolute atomic E-state index is 0.0705. The summed E-state index contributed by atoms with van der Waals surface area (Å²) >= 11 is 0. The van der Waals surface area contributed by atoms with Crippen LogP contribution in [0.3, 0.4) is 0 Å². The van der Waals surface area contributed by atoms with Gasteiger partial charge in [0.2, 0.25) is 5.75 Å². The van der Waals surface area contributed by atoms with E-state index in [0.717, 1.165) is 25.7 Å². The fourth-order valence-electron chi connectivity index (χ4n) is 2.89. The maximum atomic E-state index is 11.9. The molecule has 142 valence electrons. The average molecular weight is 363 g/mol. The molecule has 0 aromatic heterocycles. The van der Waals surface area contributed by atoms with E-state index in [1.54, 1.807) is 12.1 Å². The van der Waals surface area contributed by atoms with Crippen LogP contribution in [-0.2, 0) is 9.59 Å². The molecule has 2 amide bonds. The average Bonchev–Trinajstić information content (AvgIpc) is 2.67. The molecular formula is C18H25N3O5. The van der Waals surface area contributed by atoms with Gasteiger partial charge in [-0.05, 0) is 25.0 Å². The number of ether oxygens (including phenoxy) is 3. The van der Waals surface area contributed by atoms with Gasteiger partial charge in [0.05, 0.1) is 27.5 Å². The van der Waals surface area contributed by atoms with Gasteiger partial charge in [-0.3, -0.25) is 9.59 Å². The Morgan fingerprint density at radius 3 is 2.15 bits per heavy atom. The number of carbonyl (C=O) groups is 2. The van der Waals surface area contributed by atoms with Crippen LogP contribution in [0.1, 0.15) is 37.7 Å². The Kier molecular flexibility index (Phi) is 7.25. The highest BCUT2D eigenvalue weighted by molar-refractivity contribution is 6.35. The number of methoxy groups -OCH3 is 3. The van der Waals surface area contributed by atoms with Crippen molar-refractivity contribution in [2.45, 2.75) is 38.1 Å². The van der Waals surface area contributed by atoms with Crippen LogP contribution in [0.4, 0.5) is 0 Å². The summed E-state index contributed by atoms with van der Waals surface area (Å²) < 4.78 is 15.7. The lowest BCUT2D eigenvalue weighted by atomic mass is 9.95. The number of hydrogen-bond donors (Lipinski definition) is 2. The van der Waals surface area contributed by atoms with E-state index >= 15 is 0 Å². The molecule has 1 saturated carbocycles. The second-order valence-corrected chi connectivity index (χ2v) is 5.97. The molecular weight excluding hydrogens is 338 g/mol. The third-order valence-corrected chi connectivity index (χ3v) is 4.21. The van der Waals surface area contributed by atoms with Crippen LogP contribution >= 0.6 is 0 Å². The zero-order valence-electron chi connectivity index (χ0n) is 15.3. The summed E-state index contributed by atoms with van der Waals surface area (Å²) in [5.41, 5.74) is 2.85. The summed E-state index contributed by atoms with van der Waals surface area (Å²) in [5.74, 6) is -0.0643. The first-order valence-electron chi connectivity index (χ1n) is 8.53. The number of benzene rings is 1.